The van der Waals surface area contributed by atoms with Crippen molar-refractivity contribution in [1.29, 1.82) is 0 Å². The SMILES string of the molecule is CNC(c1ccc(Cl)c(Cl)c1)C1CN(C(C)C)CCO1. The van der Waals surface area contributed by atoms with Crippen molar-refractivity contribution in [2.45, 2.75) is 32.0 Å². The maximum absolute atomic E-state index is 6.12. The van der Waals surface area contributed by atoms with E-state index in [0.717, 1.165) is 25.3 Å². The first-order chi connectivity index (χ1) is 9.52. The Hall–Kier alpha value is -0.320. The van der Waals surface area contributed by atoms with Crippen molar-refractivity contribution in [3.05, 3.63) is 33.8 Å². The van der Waals surface area contributed by atoms with Gasteiger partial charge in [-0.2, -0.15) is 0 Å². The molecule has 1 aromatic rings. The lowest BCUT2D eigenvalue weighted by atomic mass is 9.99. The molecule has 2 atom stereocenters. The molecule has 1 heterocycles. The molecule has 1 aliphatic heterocycles. The molecule has 112 valence electrons. The monoisotopic (exact) mass is 316 g/mol. The van der Waals surface area contributed by atoms with Gasteiger partial charge in [-0.25, -0.2) is 0 Å². The third kappa shape index (κ3) is 3.66. The van der Waals surface area contributed by atoms with Gasteiger partial charge in [0.05, 0.1) is 28.8 Å². The summed E-state index contributed by atoms with van der Waals surface area (Å²) in [6.07, 6.45) is 0.119. The maximum Gasteiger partial charge on any atom is 0.0896 e. The van der Waals surface area contributed by atoms with Crippen LogP contribution in [0.5, 0.6) is 0 Å². The predicted molar refractivity (Wildman–Crippen MR) is 84.7 cm³/mol. The van der Waals surface area contributed by atoms with Crippen LogP contribution in [-0.4, -0.2) is 43.8 Å². The minimum Gasteiger partial charge on any atom is -0.374 e. The minimum atomic E-state index is 0.117. The number of benzene rings is 1. The highest BCUT2D eigenvalue weighted by Crippen LogP contribution is 2.29. The van der Waals surface area contributed by atoms with Gasteiger partial charge in [-0.15, -0.1) is 0 Å². The molecule has 3 nitrogen and oxygen atoms in total. The standard InChI is InChI=1S/C15H22Cl2N2O/c1-10(2)19-6-7-20-14(9-19)15(18-3)11-4-5-12(16)13(17)8-11/h4-5,8,10,14-15,18H,6-7,9H2,1-3H3. The van der Waals surface area contributed by atoms with Crippen molar-refractivity contribution in [2.24, 2.45) is 0 Å². The second-order valence-corrected chi connectivity index (χ2v) is 6.25. The van der Waals surface area contributed by atoms with Gasteiger partial charge in [0.25, 0.3) is 0 Å². The third-order valence-corrected chi connectivity index (χ3v) is 4.58. The molecule has 0 aliphatic carbocycles. The molecule has 2 rings (SSSR count). The van der Waals surface area contributed by atoms with Crippen molar-refractivity contribution in [1.82, 2.24) is 10.2 Å². The van der Waals surface area contributed by atoms with Crippen molar-refractivity contribution >= 4 is 23.2 Å². The van der Waals surface area contributed by atoms with Crippen LogP contribution in [-0.2, 0) is 4.74 Å². The van der Waals surface area contributed by atoms with Gasteiger partial charge in [0.1, 0.15) is 0 Å². The summed E-state index contributed by atoms with van der Waals surface area (Å²) in [7, 11) is 1.95. The van der Waals surface area contributed by atoms with Crippen LogP contribution in [0, 0.1) is 0 Å². The van der Waals surface area contributed by atoms with Crippen LogP contribution in [0.25, 0.3) is 0 Å². The summed E-state index contributed by atoms with van der Waals surface area (Å²) in [5.41, 5.74) is 1.11. The number of nitrogens with one attached hydrogen (secondary N) is 1. The molecule has 0 radical (unpaired) electrons. The first-order valence-electron chi connectivity index (χ1n) is 7.00. The van der Waals surface area contributed by atoms with E-state index < -0.39 is 0 Å². The molecule has 0 amide bonds. The summed E-state index contributed by atoms with van der Waals surface area (Å²) in [5.74, 6) is 0. The molecule has 1 fully saturated rings. The Balaban J connectivity index is 2.16. The Morgan fingerprint density at radius 1 is 1.30 bits per heavy atom. The zero-order valence-electron chi connectivity index (χ0n) is 12.2. The van der Waals surface area contributed by atoms with Gasteiger partial charge >= 0.3 is 0 Å². The molecule has 1 saturated heterocycles. The van der Waals surface area contributed by atoms with E-state index in [1.807, 2.05) is 25.2 Å². The highest BCUT2D eigenvalue weighted by Gasteiger charge is 2.29. The molecule has 20 heavy (non-hydrogen) atoms. The fraction of sp³-hybridized carbons (Fsp3) is 0.600. The molecule has 2 unspecified atom stereocenters. The molecular weight excluding hydrogens is 295 g/mol. The fourth-order valence-corrected chi connectivity index (χ4v) is 2.95. The summed E-state index contributed by atoms with van der Waals surface area (Å²) in [5, 5.41) is 4.51. The first-order valence-corrected chi connectivity index (χ1v) is 7.76. The van der Waals surface area contributed by atoms with Crippen molar-refractivity contribution in [3.8, 4) is 0 Å². The Kier molecular flexibility index (Phi) is 5.70. The Morgan fingerprint density at radius 2 is 2.05 bits per heavy atom. The van der Waals surface area contributed by atoms with E-state index in [0.29, 0.717) is 16.1 Å². The first kappa shape index (κ1) is 16.1. The van der Waals surface area contributed by atoms with Gasteiger partial charge in [0.15, 0.2) is 0 Å². The summed E-state index contributed by atoms with van der Waals surface area (Å²) in [4.78, 5) is 2.44. The van der Waals surface area contributed by atoms with Crippen molar-refractivity contribution in [2.75, 3.05) is 26.7 Å². The minimum absolute atomic E-state index is 0.117. The van der Waals surface area contributed by atoms with E-state index in [-0.39, 0.29) is 12.1 Å². The zero-order chi connectivity index (χ0) is 14.7. The van der Waals surface area contributed by atoms with Crippen LogP contribution in [0.1, 0.15) is 25.5 Å². The van der Waals surface area contributed by atoms with Gasteiger partial charge in [0.2, 0.25) is 0 Å². The molecule has 5 heteroatoms. The number of likely N-dealkylation sites (N-methyl/N-ethyl adjacent to an activating group) is 1. The average Bonchev–Trinajstić information content (AvgIpc) is 2.44. The van der Waals surface area contributed by atoms with E-state index in [2.05, 4.69) is 24.1 Å². The van der Waals surface area contributed by atoms with Crippen LogP contribution >= 0.6 is 23.2 Å². The van der Waals surface area contributed by atoms with Crippen LogP contribution in [0.3, 0.4) is 0 Å². The number of hydrogen-bond donors (Lipinski definition) is 1. The third-order valence-electron chi connectivity index (χ3n) is 3.84. The smallest absolute Gasteiger partial charge is 0.0896 e. The highest BCUT2D eigenvalue weighted by molar-refractivity contribution is 6.42. The van der Waals surface area contributed by atoms with Gasteiger partial charge in [0, 0.05) is 19.1 Å². The fourth-order valence-electron chi connectivity index (χ4n) is 2.64. The van der Waals surface area contributed by atoms with E-state index in [1.54, 1.807) is 0 Å². The van der Waals surface area contributed by atoms with E-state index in [4.69, 9.17) is 27.9 Å². The number of morpholine rings is 1. The van der Waals surface area contributed by atoms with Crippen LogP contribution in [0.15, 0.2) is 18.2 Å². The number of nitrogens with zero attached hydrogens (tertiary/aromatic N) is 1. The Morgan fingerprint density at radius 3 is 2.65 bits per heavy atom. The lowest BCUT2D eigenvalue weighted by molar-refractivity contribution is -0.0550. The predicted octanol–water partition coefficient (Wildman–Crippen LogP) is 3.36. The lowest BCUT2D eigenvalue weighted by Crippen LogP contribution is -2.49. The Bertz CT molecular complexity index is 453. The number of rotatable bonds is 4. The molecule has 0 bridgehead atoms. The van der Waals surface area contributed by atoms with Gasteiger partial charge < -0.3 is 10.1 Å². The van der Waals surface area contributed by atoms with E-state index in [9.17, 15) is 0 Å². The summed E-state index contributed by atoms with van der Waals surface area (Å²) in [6.45, 7) is 7.11. The quantitative estimate of drug-likeness (QED) is 0.921. The summed E-state index contributed by atoms with van der Waals surface area (Å²) in [6, 6.07) is 6.42. The molecule has 1 aromatic carbocycles. The Labute approximate surface area is 131 Å². The molecule has 1 aliphatic rings. The molecule has 0 aromatic heterocycles. The van der Waals surface area contributed by atoms with Gasteiger partial charge in [-0.05, 0) is 38.6 Å². The highest BCUT2D eigenvalue weighted by atomic mass is 35.5. The largest absolute Gasteiger partial charge is 0.374 e. The molecule has 1 N–H and O–H groups in total. The maximum atomic E-state index is 6.12. The summed E-state index contributed by atoms with van der Waals surface area (Å²) < 4.78 is 5.96. The van der Waals surface area contributed by atoms with Gasteiger partial charge in [-0.1, -0.05) is 29.3 Å². The van der Waals surface area contributed by atoms with E-state index in [1.165, 1.54) is 0 Å². The van der Waals surface area contributed by atoms with Gasteiger partial charge in [-0.3, -0.25) is 4.90 Å². The van der Waals surface area contributed by atoms with E-state index >= 15 is 0 Å². The molecule has 0 saturated carbocycles. The second kappa shape index (κ2) is 7.10. The number of halogens is 2. The normalized spacial score (nSPS) is 22.2. The molecular formula is C15H22Cl2N2O. The summed E-state index contributed by atoms with van der Waals surface area (Å²) >= 11 is 12.1. The lowest BCUT2D eigenvalue weighted by Gasteiger charge is -2.39. The zero-order valence-corrected chi connectivity index (χ0v) is 13.7. The second-order valence-electron chi connectivity index (χ2n) is 5.44. The number of ether oxygens (including phenoxy) is 1. The number of hydrogen-bond acceptors (Lipinski definition) is 3. The van der Waals surface area contributed by atoms with Crippen LogP contribution in [0.2, 0.25) is 10.0 Å². The van der Waals surface area contributed by atoms with Crippen LogP contribution in [0.4, 0.5) is 0 Å². The average molecular weight is 317 g/mol. The van der Waals surface area contributed by atoms with Crippen LogP contribution < -0.4 is 5.32 Å². The van der Waals surface area contributed by atoms with Crippen molar-refractivity contribution < 1.29 is 4.74 Å². The van der Waals surface area contributed by atoms with Crippen molar-refractivity contribution in [3.63, 3.8) is 0 Å². The topological polar surface area (TPSA) is 24.5 Å². The molecule has 0 spiro atoms.